The van der Waals surface area contributed by atoms with E-state index in [1.165, 1.54) is 0 Å². The smallest absolute Gasteiger partial charge is 0.0954 e. The van der Waals surface area contributed by atoms with Gasteiger partial charge >= 0.3 is 0 Å². The van der Waals surface area contributed by atoms with Crippen molar-refractivity contribution in [2.24, 2.45) is 5.92 Å². The number of nitrogens with zero attached hydrogens (tertiary/aromatic N) is 1. The van der Waals surface area contributed by atoms with Gasteiger partial charge in [0, 0.05) is 41.5 Å². The van der Waals surface area contributed by atoms with Crippen LogP contribution in [0.3, 0.4) is 0 Å². The van der Waals surface area contributed by atoms with Crippen LogP contribution in [-0.2, 0) is 4.74 Å². The molecule has 4 nitrogen and oxygen atoms in total. The Morgan fingerprint density at radius 3 is 2.95 bits per heavy atom. The van der Waals surface area contributed by atoms with Crippen LogP contribution in [0.15, 0.2) is 28.9 Å². The van der Waals surface area contributed by atoms with Crippen molar-refractivity contribution in [1.82, 2.24) is 4.98 Å². The SMILES string of the molecule is Nc1ccc(NCC2CCOCC2)c2ncc(Br)cc12. The van der Waals surface area contributed by atoms with Gasteiger partial charge in [-0.05, 0) is 52.9 Å². The average Bonchev–Trinajstić information content (AvgIpc) is 2.48. The van der Waals surface area contributed by atoms with Crippen LogP contribution in [0.5, 0.6) is 0 Å². The molecule has 0 unspecified atom stereocenters. The summed E-state index contributed by atoms with van der Waals surface area (Å²) < 4.78 is 6.33. The number of ether oxygens (including phenoxy) is 1. The van der Waals surface area contributed by atoms with E-state index in [0.29, 0.717) is 5.92 Å². The first-order valence-electron chi connectivity index (χ1n) is 6.89. The van der Waals surface area contributed by atoms with Gasteiger partial charge in [-0.15, -0.1) is 0 Å². The topological polar surface area (TPSA) is 60.2 Å². The molecule has 0 atom stereocenters. The molecule has 106 valence electrons. The molecular formula is C15H18BrN3O. The van der Waals surface area contributed by atoms with Crippen molar-refractivity contribution in [2.75, 3.05) is 30.8 Å². The van der Waals surface area contributed by atoms with Crippen LogP contribution in [0, 0.1) is 5.92 Å². The summed E-state index contributed by atoms with van der Waals surface area (Å²) in [5, 5.41) is 4.50. The lowest BCUT2D eigenvalue weighted by Gasteiger charge is -2.23. The van der Waals surface area contributed by atoms with Crippen LogP contribution in [0.2, 0.25) is 0 Å². The molecule has 3 rings (SSSR count). The van der Waals surface area contributed by atoms with E-state index in [2.05, 4.69) is 26.2 Å². The number of nitrogens with two attached hydrogens (primary N) is 1. The van der Waals surface area contributed by atoms with Crippen molar-refractivity contribution < 1.29 is 4.74 Å². The maximum absolute atomic E-state index is 6.03. The fraction of sp³-hybridized carbons (Fsp3) is 0.400. The van der Waals surface area contributed by atoms with Crippen molar-refractivity contribution in [3.8, 4) is 0 Å². The van der Waals surface area contributed by atoms with E-state index in [9.17, 15) is 0 Å². The first-order chi connectivity index (χ1) is 9.74. The Balaban J connectivity index is 1.82. The largest absolute Gasteiger partial charge is 0.398 e. The average molecular weight is 336 g/mol. The molecule has 1 aliphatic rings. The first kappa shape index (κ1) is 13.6. The van der Waals surface area contributed by atoms with E-state index in [1.807, 2.05) is 18.2 Å². The van der Waals surface area contributed by atoms with Gasteiger partial charge in [0.1, 0.15) is 0 Å². The molecule has 0 aliphatic carbocycles. The highest BCUT2D eigenvalue weighted by Gasteiger charge is 2.14. The summed E-state index contributed by atoms with van der Waals surface area (Å²) >= 11 is 3.44. The summed E-state index contributed by atoms with van der Waals surface area (Å²) in [5.74, 6) is 0.673. The maximum atomic E-state index is 6.03. The molecule has 1 saturated heterocycles. The van der Waals surface area contributed by atoms with Gasteiger partial charge in [-0.3, -0.25) is 4.98 Å². The van der Waals surface area contributed by atoms with Gasteiger partial charge in [0.15, 0.2) is 0 Å². The molecule has 0 spiro atoms. The number of hydrogen-bond donors (Lipinski definition) is 2. The van der Waals surface area contributed by atoms with E-state index in [0.717, 1.165) is 59.4 Å². The standard InChI is InChI=1S/C15H18BrN3O/c16-11-7-12-13(17)1-2-14(15(12)19-9-11)18-8-10-3-5-20-6-4-10/h1-2,7,9-10,18H,3-6,8,17H2. The van der Waals surface area contributed by atoms with Crippen molar-refractivity contribution >= 4 is 38.2 Å². The lowest BCUT2D eigenvalue weighted by atomic mass is 10.0. The normalized spacial score (nSPS) is 16.4. The van der Waals surface area contributed by atoms with Crippen LogP contribution in [0.1, 0.15) is 12.8 Å². The summed E-state index contributed by atoms with van der Waals surface area (Å²) in [6.07, 6.45) is 4.05. The monoisotopic (exact) mass is 335 g/mol. The Labute approximate surface area is 126 Å². The Hall–Kier alpha value is -1.33. The predicted octanol–water partition coefficient (Wildman–Crippen LogP) is 3.42. The van der Waals surface area contributed by atoms with Gasteiger partial charge in [-0.2, -0.15) is 0 Å². The summed E-state index contributed by atoms with van der Waals surface area (Å²) in [6.45, 7) is 2.71. The van der Waals surface area contributed by atoms with Crippen LogP contribution in [0.25, 0.3) is 10.9 Å². The van der Waals surface area contributed by atoms with E-state index in [4.69, 9.17) is 10.5 Å². The lowest BCUT2D eigenvalue weighted by Crippen LogP contribution is -2.22. The molecule has 0 amide bonds. The number of aromatic nitrogens is 1. The molecule has 1 aromatic heterocycles. The molecule has 2 heterocycles. The van der Waals surface area contributed by atoms with Crippen molar-refractivity contribution in [1.29, 1.82) is 0 Å². The Morgan fingerprint density at radius 1 is 1.35 bits per heavy atom. The Morgan fingerprint density at radius 2 is 2.15 bits per heavy atom. The molecule has 20 heavy (non-hydrogen) atoms. The van der Waals surface area contributed by atoms with E-state index >= 15 is 0 Å². The zero-order chi connectivity index (χ0) is 13.9. The van der Waals surface area contributed by atoms with E-state index in [-0.39, 0.29) is 0 Å². The maximum Gasteiger partial charge on any atom is 0.0954 e. The van der Waals surface area contributed by atoms with Crippen molar-refractivity contribution in [3.63, 3.8) is 0 Å². The van der Waals surface area contributed by atoms with Crippen molar-refractivity contribution in [2.45, 2.75) is 12.8 Å². The molecule has 0 radical (unpaired) electrons. The molecule has 1 aliphatic heterocycles. The third kappa shape index (κ3) is 2.88. The van der Waals surface area contributed by atoms with Crippen LogP contribution >= 0.6 is 15.9 Å². The minimum absolute atomic E-state index is 0.673. The minimum Gasteiger partial charge on any atom is -0.398 e. The number of benzene rings is 1. The minimum atomic E-state index is 0.673. The van der Waals surface area contributed by atoms with Gasteiger partial charge in [0.2, 0.25) is 0 Å². The van der Waals surface area contributed by atoms with Crippen molar-refractivity contribution in [3.05, 3.63) is 28.9 Å². The van der Waals surface area contributed by atoms with Gasteiger partial charge in [-0.25, -0.2) is 0 Å². The summed E-state index contributed by atoms with van der Waals surface area (Å²) in [7, 11) is 0. The number of rotatable bonds is 3. The fourth-order valence-electron chi connectivity index (χ4n) is 2.56. The highest BCUT2D eigenvalue weighted by atomic mass is 79.9. The van der Waals surface area contributed by atoms with Crippen LogP contribution < -0.4 is 11.1 Å². The summed E-state index contributed by atoms with van der Waals surface area (Å²) in [4.78, 5) is 4.49. The molecule has 1 aromatic carbocycles. The quantitative estimate of drug-likeness (QED) is 0.843. The Bertz CT molecular complexity index is 611. The second-order valence-corrected chi connectivity index (χ2v) is 6.10. The number of fused-ring (bicyclic) bond motifs is 1. The highest BCUT2D eigenvalue weighted by molar-refractivity contribution is 9.10. The zero-order valence-electron chi connectivity index (χ0n) is 11.2. The first-order valence-corrected chi connectivity index (χ1v) is 7.68. The second kappa shape index (κ2) is 5.97. The number of anilines is 2. The summed E-state index contributed by atoms with van der Waals surface area (Å²) in [5.41, 5.74) is 8.76. The number of hydrogen-bond acceptors (Lipinski definition) is 4. The highest BCUT2D eigenvalue weighted by Crippen LogP contribution is 2.29. The third-order valence-electron chi connectivity index (χ3n) is 3.77. The molecule has 0 bridgehead atoms. The Kier molecular flexibility index (Phi) is 4.08. The lowest BCUT2D eigenvalue weighted by molar-refractivity contribution is 0.0699. The van der Waals surface area contributed by atoms with Gasteiger partial charge in [-0.1, -0.05) is 0 Å². The third-order valence-corrected chi connectivity index (χ3v) is 4.21. The zero-order valence-corrected chi connectivity index (χ0v) is 12.8. The molecule has 3 N–H and O–H groups in total. The molecule has 0 saturated carbocycles. The predicted molar refractivity (Wildman–Crippen MR) is 85.9 cm³/mol. The fourth-order valence-corrected chi connectivity index (χ4v) is 2.89. The molecule has 1 fully saturated rings. The molecule has 2 aromatic rings. The molecule has 5 heteroatoms. The number of pyridine rings is 1. The van der Waals surface area contributed by atoms with E-state index < -0.39 is 0 Å². The molecular weight excluding hydrogens is 318 g/mol. The van der Waals surface area contributed by atoms with Crippen LogP contribution in [-0.4, -0.2) is 24.7 Å². The van der Waals surface area contributed by atoms with E-state index in [1.54, 1.807) is 6.20 Å². The number of nitrogen functional groups attached to an aromatic ring is 1. The van der Waals surface area contributed by atoms with Crippen LogP contribution in [0.4, 0.5) is 11.4 Å². The second-order valence-electron chi connectivity index (χ2n) is 5.19. The van der Waals surface area contributed by atoms with Gasteiger partial charge in [0.05, 0.1) is 11.2 Å². The van der Waals surface area contributed by atoms with Gasteiger partial charge in [0.25, 0.3) is 0 Å². The number of nitrogens with one attached hydrogen (secondary N) is 1. The van der Waals surface area contributed by atoms with Gasteiger partial charge < -0.3 is 15.8 Å². The number of halogens is 1. The summed E-state index contributed by atoms with van der Waals surface area (Å²) in [6, 6.07) is 5.96.